The van der Waals surface area contributed by atoms with E-state index in [0.717, 1.165) is 0 Å². The molecule has 7 nitrogen and oxygen atoms in total. The Balaban J connectivity index is 4.24. The van der Waals surface area contributed by atoms with E-state index >= 15 is 0 Å². The van der Waals surface area contributed by atoms with Crippen LogP contribution in [0.4, 0.5) is 0 Å². The first-order valence-corrected chi connectivity index (χ1v) is 7.14. The lowest BCUT2D eigenvalue weighted by atomic mass is 9.87. The average Bonchev–Trinajstić information content (AvgIpc) is 2.25. The van der Waals surface area contributed by atoms with Crippen LogP contribution in [0, 0.1) is 5.41 Å². The molecule has 1 unspecified atom stereocenters. The van der Waals surface area contributed by atoms with Crippen molar-refractivity contribution >= 4 is 13.8 Å². The van der Waals surface area contributed by atoms with Crippen molar-refractivity contribution in [1.82, 2.24) is 4.90 Å². The fraction of sp³-hybridized carbons (Fsp3) is 0.900. The lowest BCUT2D eigenvalue weighted by molar-refractivity contribution is -0.153. The van der Waals surface area contributed by atoms with E-state index in [4.69, 9.17) is 14.5 Å². The summed E-state index contributed by atoms with van der Waals surface area (Å²) < 4.78 is 19.6. The van der Waals surface area contributed by atoms with Crippen molar-refractivity contribution in [3.8, 4) is 0 Å². The Morgan fingerprint density at radius 3 is 2.39 bits per heavy atom. The molecule has 0 aliphatic heterocycles. The molecule has 8 heteroatoms. The highest BCUT2D eigenvalue weighted by Gasteiger charge is 2.33. The van der Waals surface area contributed by atoms with E-state index in [0.29, 0.717) is 19.5 Å². The quantitative estimate of drug-likeness (QED) is 0.498. The molecule has 0 heterocycles. The minimum Gasteiger partial charge on any atom is -0.469 e. The second-order valence-corrected chi connectivity index (χ2v) is 5.71. The molecule has 0 bridgehead atoms. The minimum atomic E-state index is -4.42. The van der Waals surface area contributed by atoms with Crippen LogP contribution in [-0.2, 0) is 18.6 Å². The van der Waals surface area contributed by atoms with Crippen LogP contribution >= 0.6 is 7.82 Å². The van der Waals surface area contributed by atoms with Gasteiger partial charge in [-0.3, -0.25) is 9.32 Å². The van der Waals surface area contributed by atoms with Gasteiger partial charge in [-0.25, -0.2) is 4.57 Å². The number of ether oxygens (including phenoxy) is 1. The van der Waals surface area contributed by atoms with E-state index in [2.05, 4.69) is 4.52 Å². The first-order chi connectivity index (χ1) is 8.14. The van der Waals surface area contributed by atoms with E-state index in [1.54, 1.807) is 18.9 Å². The first-order valence-electron chi connectivity index (χ1n) is 5.61. The Kier molecular flexibility index (Phi) is 7.02. The molecule has 2 N–H and O–H groups in total. The molecule has 108 valence electrons. The Labute approximate surface area is 107 Å². The zero-order valence-corrected chi connectivity index (χ0v) is 12.1. The smallest absolute Gasteiger partial charge is 0.469 e. The molecule has 0 aliphatic rings. The fourth-order valence-electron chi connectivity index (χ4n) is 1.56. The summed E-state index contributed by atoms with van der Waals surface area (Å²) >= 11 is 0. The number of methoxy groups -OCH3 is 1. The Morgan fingerprint density at radius 1 is 1.44 bits per heavy atom. The molecule has 0 aromatic rings. The number of phosphoric ester groups is 1. The number of carbonyl (C=O) groups is 1. The van der Waals surface area contributed by atoms with Gasteiger partial charge in [-0.05, 0) is 20.4 Å². The van der Waals surface area contributed by atoms with Crippen LogP contribution in [0.15, 0.2) is 0 Å². The van der Waals surface area contributed by atoms with Crippen LogP contribution < -0.4 is 0 Å². The third kappa shape index (κ3) is 6.47. The highest BCUT2D eigenvalue weighted by Crippen LogP contribution is 2.35. The predicted octanol–water partition coefficient (Wildman–Crippen LogP) is 0.617. The van der Waals surface area contributed by atoms with E-state index in [1.807, 2.05) is 6.92 Å². The molecule has 0 aromatic heterocycles. The van der Waals surface area contributed by atoms with Gasteiger partial charge in [0.25, 0.3) is 0 Å². The van der Waals surface area contributed by atoms with Crippen LogP contribution in [-0.4, -0.2) is 54.5 Å². The van der Waals surface area contributed by atoms with Crippen LogP contribution in [0.5, 0.6) is 0 Å². The van der Waals surface area contributed by atoms with Crippen molar-refractivity contribution in [2.75, 3.05) is 33.9 Å². The number of rotatable bonds is 8. The molecule has 18 heavy (non-hydrogen) atoms. The van der Waals surface area contributed by atoms with Gasteiger partial charge in [0, 0.05) is 13.1 Å². The van der Waals surface area contributed by atoms with Crippen molar-refractivity contribution in [1.29, 1.82) is 0 Å². The molecule has 0 saturated heterocycles. The van der Waals surface area contributed by atoms with Gasteiger partial charge in [0.2, 0.25) is 0 Å². The second-order valence-electron chi connectivity index (χ2n) is 4.47. The summed E-state index contributed by atoms with van der Waals surface area (Å²) in [5, 5.41) is 0. The molecule has 0 rings (SSSR count). The Morgan fingerprint density at radius 2 is 2.00 bits per heavy atom. The van der Waals surface area contributed by atoms with Gasteiger partial charge in [-0.2, -0.15) is 0 Å². The van der Waals surface area contributed by atoms with Gasteiger partial charge in [-0.15, -0.1) is 0 Å². The van der Waals surface area contributed by atoms with E-state index < -0.39 is 13.2 Å². The summed E-state index contributed by atoms with van der Waals surface area (Å²) in [4.78, 5) is 30.5. The molecule has 0 saturated carbocycles. The largest absolute Gasteiger partial charge is 0.469 e. The number of carbonyl (C=O) groups excluding carboxylic acids is 1. The Bertz CT molecular complexity index is 317. The second kappa shape index (κ2) is 7.21. The summed E-state index contributed by atoms with van der Waals surface area (Å²) in [5.41, 5.74) is -0.633. The van der Waals surface area contributed by atoms with Crippen LogP contribution in [0.3, 0.4) is 0 Å². The van der Waals surface area contributed by atoms with Gasteiger partial charge in [0.05, 0.1) is 19.1 Å². The van der Waals surface area contributed by atoms with Gasteiger partial charge in [0.15, 0.2) is 0 Å². The van der Waals surface area contributed by atoms with Gasteiger partial charge in [0.1, 0.15) is 0 Å². The van der Waals surface area contributed by atoms with Crippen molar-refractivity contribution in [3.05, 3.63) is 0 Å². The minimum absolute atomic E-state index is 0.0955. The zero-order chi connectivity index (χ0) is 14.4. The Hall–Kier alpha value is -0.460. The molecular weight excluding hydrogens is 261 g/mol. The zero-order valence-electron chi connectivity index (χ0n) is 11.3. The topological polar surface area (TPSA) is 96.3 Å². The van der Waals surface area contributed by atoms with Crippen molar-refractivity contribution in [2.45, 2.75) is 20.3 Å². The molecule has 1 atom stereocenters. The molecule has 0 amide bonds. The maximum Gasteiger partial charge on any atom is 0.469 e. The van der Waals surface area contributed by atoms with E-state index in [9.17, 15) is 9.36 Å². The maximum atomic E-state index is 11.6. The van der Waals surface area contributed by atoms with Crippen molar-refractivity contribution < 1.29 is 28.4 Å². The van der Waals surface area contributed by atoms with Crippen LogP contribution in [0.25, 0.3) is 0 Å². The lowest BCUT2D eigenvalue weighted by Gasteiger charge is -2.30. The molecule has 0 aliphatic carbocycles. The fourth-order valence-corrected chi connectivity index (χ4v) is 1.88. The van der Waals surface area contributed by atoms with Gasteiger partial charge >= 0.3 is 13.8 Å². The van der Waals surface area contributed by atoms with Crippen LogP contribution in [0.2, 0.25) is 0 Å². The third-order valence-corrected chi connectivity index (χ3v) is 3.33. The standard InChI is InChI=1S/C10H22NO6P/c1-5-10(2,9(12)16-4)8-11(3)6-7-17-18(13,14)15/h5-8H2,1-4H3,(H2,13,14,15). The lowest BCUT2D eigenvalue weighted by Crippen LogP contribution is -2.41. The van der Waals surface area contributed by atoms with Gasteiger partial charge < -0.3 is 19.4 Å². The summed E-state index contributed by atoms with van der Waals surface area (Å²) in [7, 11) is -1.33. The summed E-state index contributed by atoms with van der Waals surface area (Å²) in [6.45, 7) is 4.33. The molecular formula is C10H22NO6P. The number of nitrogens with zero attached hydrogens (tertiary/aromatic N) is 1. The number of likely N-dealkylation sites (N-methyl/N-ethyl adjacent to an activating group) is 1. The van der Waals surface area contributed by atoms with Gasteiger partial charge in [-0.1, -0.05) is 6.92 Å². The molecule has 0 spiro atoms. The number of esters is 1. The third-order valence-electron chi connectivity index (χ3n) is 2.81. The molecule has 0 fully saturated rings. The first kappa shape index (κ1) is 17.5. The normalized spacial score (nSPS) is 15.5. The predicted molar refractivity (Wildman–Crippen MR) is 65.9 cm³/mol. The maximum absolute atomic E-state index is 11.6. The number of phosphoric acid groups is 1. The average molecular weight is 283 g/mol. The SMILES string of the molecule is CCC(C)(CN(C)CCOP(=O)(O)O)C(=O)OC. The summed E-state index contributed by atoms with van der Waals surface area (Å²) in [6, 6.07) is 0. The monoisotopic (exact) mass is 283 g/mol. The molecule has 0 aromatic carbocycles. The molecule has 0 radical (unpaired) electrons. The van der Waals surface area contributed by atoms with Crippen molar-refractivity contribution in [3.63, 3.8) is 0 Å². The van der Waals surface area contributed by atoms with Crippen molar-refractivity contribution in [2.24, 2.45) is 5.41 Å². The van der Waals surface area contributed by atoms with Crippen LogP contribution in [0.1, 0.15) is 20.3 Å². The summed E-state index contributed by atoms with van der Waals surface area (Å²) in [6.07, 6.45) is 0.614. The highest BCUT2D eigenvalue weighted by molar-refractivity contribution is 7.46. The number of hydrogen-bond acceptors (Lipinski definition) is 5. The van der Waals surface area contributed by atoms with E-state index in [1.165, 1.54) is 7.11 Å². The number of hydrogen-bond donors (Lipinski definition) is 2. The highest BCUT2D eigenvalue weighted by atomic mass is 31.2. The van der Waals surface area contributed by atoms with E-state index in [-0.39, 0.29) is 12.6 Å². The summed E-state index contributed by atoms with van der Waals surface area (Å²) in [5.74, 6) is -0.298.